The van der Waals surface area contributed by atoms with E-state index in [0.29, 0.717) is 0 Å². The van der Waals surface area contributed by atoms with Crippen molar-refractivity contribution in [2.45, 2.75) is 19.3 Å². The number of amides is 1. The molecule has 0 aliphatic heterocycles. The Morgan fingerprint density at radius 3 is 2.21 bits per heavy atom. The summed E-state index contributed by atoms with van der Waals surface area (Å²) < 4.78 is 82.7. The highest BCUT2D eigenvalue weighted by atomic mass is 79.9. The zero-order valence-corrected chi connectivity index (χ0v) is 13.6. The van der Waals surface area contributed by atoms with E-state index >= 15 is 0 Å². The monoisotopic (exact) mass is 424 g/mol. The minimum absolute atomic E-state index is 0.0428. The maximum absolute atomic E-state index is 12.3. The fraction of sp³-hybridized carbons (Fsp3) is 0.500. The number of carbonyl (C=O) groups is 1. The highest BCUT2D eigenvalue weighted by molar-refractivity contribution is 9.09. The van der Waals surface area contributed by atoms with Crippen LogP contribution in [0.4, 0.5) is 32.0 Å². The van der Waals surface area contributed by atoms with Gasteiger partial charge in [0.2, 0.25) is 11.8 Å². The summed E-state index contributed by atoms with van der Waals surface area (Å²) in [7, 11) is 0. The van der Waals surface area contributed by atoms with Crippen LogP contribution in [0.1, 0.15) is 5.69 Å². The van der Waals surface area contributed by atoms with E-state index in [-0.39, 0.29) is 11.0 Å². The molecule has 0 aliphatic carbocycles. The summed E-state index contributed by atoms with van der Waals surface area (Å²) in [6.07, 6.45) is -9.38. The van der Waals surface area contributed by atoms with Crippen molar-refractivity contribution < 1.29 is 40.6 Å². The number of rotatable bonds is 6. The Bertz CT molecular complexity index is 552. The van der Waals surface area contributed by atoms with Crippen LogP contribution in [-0.2, 0) is 4.79 Å². The van der Waals surface area contributed by atoms with Gasteiger partial charge in [0.15, 0.2) is 19.0 Å². The van der Waals surface area contributed by atoms with Crippen molar-refractivity contribution in [2.75, 3.05) is 23.9 Å². The summed E-state index contributed by atoms with van der Waals surface area (Å²) in [5.41, 5.74) is -0.472. The van der Waals surface area contributed by atoms with Crippen molar-refractivity contribution in [3.8, 4) is 11.6 Å². The van der Waals surface area contributed by atoms with Gasteiger partial charge in [-0.25, -0.2) is 4.98 Å². The lowest BCUT2D eigenvalue weighted by Gasteiger charge is -2.18. The number of alkyl halides is 7. The predicted octanol–water partition coefficient (Wildman–Crippen LogP) is 3.61. The number of nitrogens with one attached hydrogen (secondary N) is 1. The normalized spacial score (nSPS) is 12.0. The van der Waals surface area contributed by atoms with Gasteiger partial charge in [0.25, 0.3) is 0 Å². The number of ether oxygens (including phenoxy) is 2. The number of hydrogen-bond donors (Lipinski definition) is 1. The summed E-state index contributed by atoms with van der Waals surface area (Å²) in [5, 5.41) is 1.84. The number of pyridine rings is 1. The quantitative estimate of drug-likeness (QED) is 0.559. The molecular formula is C12H11BrF6N2O3. The van der Waals surface area contributed by atoms with Crippen LogP contribution in [0.15, 0.2) is 6.07 Å². The lowest BCUT2D eigenvalue weighted by atomic mass is 10.3. The van der Waals surface area contributed by atoms with Gasteiger partial charge in [-0.2, -0.15) is 26.3 Å². The van der Waals surface area contributed by atoms with Crippen molar-refractivity contribution in [2.24, 2.45) is 0 Å². The number of halogens is 7. The Kier molecular flexibility index (Phi) is 6.69. The molecule has 0 spiro atoms. The summed E-state index contributed by atoms with van der Waals surface area (Å²) in [5.74, 6) is -1.94. The Morgan fingerprint density at radius 2 is 1.71 bits per heavy atom. The van der Waals surface area contributed by atoms with Crippen molar-refractivity contribution in [1.29, 1.82) is 0 Å². The van der Waals surface area contributed by atoms with Gasteiger partial charge in [-0.1, -0.05) is 15.9 Å². The van der Waals surface area contributed by atoms with E-state index in [4.69, 9.17) is 0 Å². The molecule has 1 amide bonds. The number of aryl methyl sites for hydroxylation is 1. The van der Waals surface area contributed by atoms with Crippen LogP contribution in [-0.4, -0.2) is 41.8 Å². The zero-order valence-electron chi connectivity index (χ0n) is 12.0. The van der Waals surface area contributed by atoms with Crippen LogP contribution >= 0.6 is 15.9 Å². The summed E-state index contributed by atoms with van der Waals surface area (Å²) in [4.78, 5) is 15.1. The van der Waals surface area contributed by atoms with Gasteiger partial charge in [0, 0.05) is 11.8 Å². The molecule has 136 valence electrons. The largest absolute Gasteiger partial charge is 0.482 e. The second kappa shape index (κ2) is 7.90. The summed E-state index contributed by atoms with van der Waals surface area (Å²) >= 11 is 2.80. The van der Waals surface area contributed by atoms with Gasteiger partial charge >= 0.3 is 12.4 Å². The first-order chi connectivity index (χ1) is 10.9. The number of carbonyl (C=O) groups excluding carboxylic acids is 1. The molecule has 0 atom stereocenters. The fourth-order valence-electron chi connectivity index (χ4n) is 1.43. The molecule has 0 bridgehead atoms. The third-order valence-electron chi connectivity index (χ3n) is 2.23. The topological polar surface area (TPSA) is 60.5 Å². The second-order valence-electron chi connectivity index (χ2n) is 4.43. The van der Waals surface area contributed by atoms with E-state index in [1.54, 1.807) is 0 Å². The van der Waals surface area contributed by atoms with E-state index < -0.39 is 48.8 Å². The van der Waals surface area contributed by atoms with E-state index in [9.17, 15) is 31.1 Å². The van der Waals surface area contributed by atoms with Gasteiger partial charge < -0.3 is 14.8 Å². The van der Waals surface area contributed by atoms with Crippen LogP contribution in [0, 0.1) is 6.92 Å². The maximum Gasteiger partial charge on any atom is 0.422 e. The molecule has 0 saturated heterocycles. The lowest BCUT2D eigenvalue weighted by Crippen LogP contribution is -2.23. The molecule has 0 radical (unpaired) electrons. The number of nitrogens with zero attached hydrogens (tertiary/aromatic N) is 1. The molecule has 5 nitrogen and oxygen atoms in total. The minimum Gasteiger partial charge on any atom is -0.482 e. The molecule has 1 aromatic heterocycles. The summed E-state index contributed by atoms with van der Waals surface area (Å²) in [6, 6.07) is 1.04. The Balaban J connectivity index is 3.18. The standard InChI is InChI=1S/C12H11BrF6N2O3/c1-6-2-7(23-4-11(14,15)16)9(21-8(22)3-13)10(20-6)24-5-12(17,18)19/h2H,3-5H2,1H3,(H,21,22). The molecule has 0 saturated carbocycles. The minimum atomic E-state index is -4.70. The first-order valence-electron chi connectivity index (χ1n) is 6.18. The Labute approximate surface area is 140 Å². The number of hydrogen-bond acceptors (Lipinski definition) is 4. The Hall–Kier alpha value is -1.72. The van der Waals surface area contributed by atoms with Crippen LogP contribution < -0.4 is 14.8 Å². The van der Waals surface area contributed by atoms with E-state index in [0.717, 1.165) is 6.07 Å². The number of aromatic nitrogens is 1. The average molecular weight is 425 g/mol. The lowest BCUT2D eigenvalue weighted by molar-refractivity contribution is -0.154. The average Bonchev–Trinajstić information content (AvgIpc) is 2.43. The zero-order chi connectivity index (χ0) is 18.5. The molecule has 1 N–H and O–H groups in total. The van der Waals surface area contributed by atoms with E-state index in [1.165, 1.54) is 6.92 Å². The van der Waals surface area contributed by atoms with E-state index in [2.05, 4.69) is 35.7 Å². The first-order valence-corrected chi connectivity index (χ1v) is 7.30. The molecule has 1 aromatic rings. The third-order valence-corrected chi connectivity index (χ3v) is 2.74. The van der Waals surface area contributed by atoms with Crippen molar-refractivity contribution in [3.05, 3.63) is 11.8 Å². The Morgan fingerprint density at radius 1 is 1.17 bits per heavy atom. The SMILES string of the molecule is Cc1cc(OCC(F)(F)F)c(NC(=O)CBr)c(OCC(F)(F)F)n1. The van der Waals surface area contributed by atoms with Gasteiger partial charge in [-0.05, 0) is 6.92 Å². The smallest absolute Gasteiger partial charge is 0.422 e. The van der Waals surface area contributed by atoms with Crippen LogP contribution in [0.5, 0.6) is 11.6 Å². The predicted molar refractivity (Wildman–Crippen MR) is 74.5 cm³/mol. The molecule has 1 rings (SSSR count). The highest BCUT2D eigenvalue weighted by Crippen LogP contribution is 2.35. The van der Waals surface area contributed by atoms with Crippen molar-refractivity contribution in [1.82, 2.24) is 4.98 Å². The molecule has 12 heteroatoms. The molecule has 0 aromatic carbocycles. The molecular weight excluding hydrogens is 414 g/mol. The van der Waals surface area contributed by atoms with Gasteiger partial charge in [-0.15, -0.1) is 0 Å². The molecule has 0 fully saturated rings. The van der Waals surface area contributed by atoms with Crippen molar-refractivity contribution in [3.63, 3.8) is 0 Å². The number of anilines is 1. The van der Waals surface area contributed by atoms with Crippen LogP contribution in [0.25, 0.3) is 0 Å². The summed E-state index contributed by atoms with van der Waals surface area (Å²) in [6.45, 7) is -2.12. The highest BCUT2D eigenvalue weighted by Gasteiger charge is 2.32. The molecule has 0 unspecified atom stereocenters. The van der Waals surface area contributed by atoms with Crippen LogP contribution in [0.2, 0.25) is 0 Å². The van der Waals surface area contributed by atoms with Gasteiger partial charge in [-0.3, -0.25) is 4.79 Å². The second-order valence-corrected chi connectivity index (χ2v) is 4.99. The van der Waals surface area contributed by atoms with Gasteiger partial charge in [0.1, 0.15) is 5.69 Å². The molecule has 0 aliphatic rings. The van der Waals surface area contributed by atoms with Crippen LogP contribution in [0.3, 0.4) is 0 Å². The first kappa shape index (κ1) is 20.3. The third kappa shape index (κ3) is 7.23. The maximum atomic E-state index is 12.3. The fourth-order valence-corrected chi connectivity index (χ4v) is 1.57. The van der Waals surface area contributed by atoms with Crippen molar-refractivity contribution >= 4 is 27.5 Å². The van der Waals surface area contributed by atoms with E-state index in [1.807, 2.05) is 0 Å². The molecule has 24 heavy (non-hydrogen) atoms. The molecule has 1 heterocycles. The van der Waals surface area contributed by atoms with Gasteiger partial charge in [0.05, 0.1) is 5.33 Å².